The summed E-state index contributed by atoms with van der Waals surface area (Å²) in [4.78, 5) is 10.5. The molecule has 0 rings (SSSR count). The van der Waals surface area contributed by atoms with Gasteiger partial charge in [0.15, 0.2) is 0 Å². The molecule has 4 nitrogen and oxygen atoms in total. The van der Waals surface area contributed by atoms with Crippen molar-refractivity contribution in [2.45, 2.75) is 6.92 Å². The van der Waals surface area contributed by atoms with E-state index >= 15 is 0 Å². The molecule has 7 heteroatoms. The summed E-state index contributed by atoms with van der Waals surface area (Å²) in [6.07, 6.45) is 0.918. The minimum atomic E-state index is -3.75. The summed E-state index contributed by atoms with van der Waals surface area (Å²) < 4.78 is 25.6. The van der Waals surface area contributed by atoms with Crippen molar-refractivity contribution >= 4 is 25.1 Å². The Hall–Kier alpha value is 0.670. The Morgan fingerprint density at radius 1 is 1.75 bits per heavy atom. The van der Waals surface area contributed by atoms with Gasteiger partial charge < -0.3 is 1.43 Å². The average Bonchev–Trinajstić information content (AvgIpc) is 1.86. The molecule has 0 aromatic heterocycles. The molecule has 0 radical (unpaired) electrons. The van der Waals surface area contributed by atoms with Crippen LogP contribution in [0.15, 0.2) is 12.7 Å². The van der Waals surface area contributed by atoms with Crippen LogP contribution in [0.1, 0.15) is 8.35 Å². The Morgan fingerprint density at radius 2 is 2.25 bits per heavy atom. The standard InChI is InChI=1S/C5H8O4S2.Na.H/c1-3-5(6)10-11(7,8)9-4-2;;/h3H,1,4H2,2H3;;/q;+1;-1. The van der Waals surface area contributed by atoms with Crippen molar-refractivity contribution in [3.8, 4) is 0 Å². The molecule has 0 bridgehead atoms. The molecule has 0 atom stereocenters. The topological polar surface area (TPSA) is 60.4 Å². The van der Waals surface area contributed by atoms with E-state index in [2.05, 4.69) is 10.8 Å². The third-order valence-corrected chi connectivity index (χ3v) is 3.07. The van der Waals surface area contributed by atoms with E-state index < -0.39 is 14.3 Å². The summed E-state index contributed by atoms with van der Waals surface area (Å²) in [6.45, 7) is 4.67. The maximum Gasteiger partial charge on any atom is 1.00 e. The molecular formula is C5H9NaO4S2. The fourth-order valence-electron chi connectivity index (χ4n) is 0.303. The van der Waals surface area contributed by atoms with Crippen LogP contribution in [-0.2, 0) is 18.1 Å². The molecule has 0 amide bonds. The third-order valence-electron chi connectivity index (χ3n) is 0.613. The fraction of sp³-hybridized carbons (Fsp3) is 0.400. The fourth-order valence-corrected chi connectivity index (χ4v) is 2.15. The van der Waals surface area contributed by atoms with Crippen molar-refractivity contribution in [3.05, 3.63) is 12.7 Å². The van der Waals surface area contributed by atoms with Crippen molar-refractivity contribution < 1.29 is 48.4 Å². The van der Waals surface area contributed by atoms with Crippen molar-refractivity contribution in [3.63, 3.8) is 0 Å². The average molecular weight is 220 g/mol. The monoisotopic (exact) mass is 220 g/mol. The van der Waals surface area contributed by atoms with Gasteiger partial charge in [0.25, 0.3) is 0 Å². The Labute approximate surface area is 99.0 Å². The first-order valence-corrected chi connectivity index (χ1v) is 5.51. The summed E-state index contributed by atoms with van der Waals surface area (Å²) in [5, 5.41) is -0.640. The quantitative estimate of drug-likeness (QED) is 0.306. The Bertz CT molecular complexity index is 251. The van der Waals surface area contributed by atoms with Gasteiger partial charge in [-0.3, -0.25) is 8.98 Å². The molecule has 0 aliphatic rings. The van der Waals surface area contributed by atoms with Gasteiger partial charge in [-0.25, -0.2) is 0 Å². The molecule has 0 aliphatic carbocycles. The normalized spacial score (nSPS) is 10.1. The summed E-state index contributed by atoms with van der Waals surface area (Å²) in [7, 11) is -3.63. The van der Waals surface area contributed by atoms with E-state index in [0.29, 0.717) is 0 Å². The largest absolute Gasteiger partial charge is 1.00 e. The van der Waals surface area contributed by atoms with E-state index in [-0.39, 0.29) is 48.4 Å². The summed E-state index contributed by atoms with van der Waals surface area (Å²) in [6, 6.07) is 0. The maximum atomic E-state index is 10.7. The van der Waals surface area contributed by atoms with Crippen molar-refractivity contribution in [2.75, 3.05) is 6.61 Å². The number of carbonyl (C=O) groups excluding carboxylic acids is 1. The van der Waals surface area contributed by atoms with Gasteiger partial charge in [0.1, 0.15) is 0 Å². The van der Waals surface area contributed by atoms with Crippen molar-refractivity contribution in [1.29, 1.82) is 0 Å². The Morgan fingerprint density at radius 3 is 2.58 bits per heavy atom. The van der Waals surface area contributed by atoms with Crippen LogP contribution >= 0.6 is 10.8 Å². The molecule has 0 saturated heterocycles. The number of hydrogen-bond donors (Lipinski definition) is 0. The second kappa shape index (κ2) is 7.11. The first-order valence-electron chi connectivity index (χ1n) is 2.77. The van der Waals surface area contributed by atoms with Crippen LogP contribution in [0.5, 0.6) is 0 Å². The second-order valence-corrected chi connectivity index (χ2v) is 4.77. The zero-order valence-electron chi connectivity index (χ0n) is 7.94. The molecule has 0 N–H and O–H groups in total. The molecule has 0 heterocycles. The molecule has 0 aliphatic heterocycles. The molecule has 0 aromatic rings. The van der Waals surface area contributed by atoms with Crippen LogP contribution < -0.4 is 29.6 Å². The minimum Gasteiger partial charge on any atom is -1.00 e. The number of carbonyl (C=O) groups is 1. The first-order chi connectivity index (χ1) is 5.02. The van der Waals surface area contributed by atoms with Gasteiger partial charge >= 0.3 is 38.7 Å². The molecule has 0 unspecified atom stereocenters. The van der Waals surface area contributed by atoms with Crippen LogP contribution in [0.3, 0.4) is 0 Å². The summed E-state index contributed by atoms with van der Waals surface area (Å²) in [5.41, 5.74) is 0. The van der Waals surface area contributed by atoms with Gasteiger partial charge in [-0.2, -0.15) is 8.42 Å². The maximum absolute atomic E-state index is 10.7. The summed E-state index contributed by atoms with van der Waals surface area (Å²) in [5.74, 6) is 0. The van der Waals surface area contributed by atoms with Crippen LogP contribution in [0.2, 0.25) is 0 Å². The van der Waals surface area contributed by atoms with Gasteiger partial charge in [-0.1, -0.05) is 6.58 Å². The van der Waals surface area contributed by atoms with Gasteiger partial charge in [-0.15, -0.1) is 0 Å². The Kier molecular flexibility index (Phi) is 8.98. The zero-order valence-corrected chi connectivity index (χ0v) is 10.6. The first kappa shape index (κ1) is 15.2. The summed E-state index contributed by atoms with van der Waals surface area (Å²) >= 11 is 0. The molecular weight excluding hydrogens is 211 g/mol. The van der Waals surface area contributed by atoms with Gasteiger partial charge in [0.2, 0.25) is 5.12 Å². The molecule has 0 fully saturated rings. The van der Waals surface area contributed by atoms with Gasteiger partial charge in [0.05, 0.1) is 17.4 Å². The van der Waals surface area contributed by atoms with E-state index in [1.54, 1.807) is 0 Å². The van der Waals surface area contributed by atoms with Crippen molar-refractivity contribution in [2.24, 2.45) is 0 Å². The van der Waals surface area contributed by atoms with Crippen LogP contribution in [0.4, 0.5) is 0 Å². The molecule has 0 saturated carbocycles. The number of hydrogen-bond acceptors (Lipinski definition) is 5. The van der Waals surface area contributed by atoms with E-state index in [1.165, 1.54) is 6.92 Å². The molecule has 0 aromatic carbocycles. The molecule has 12 heavy (non-hydrogen) atoms. The molecule has 66 valence electrons. The smallest absolute Gasteiger partial charge is 1.00 e. The predicted octanol–water partition coefficient (Wildman–Crippen LogP) is -2.17. The van der Waals surface area contributed by atoms with E-state index in [4.69, 9.17) is 0 Å². The van der Waals surface area contributed by atoms with E-state index in [9.17, 15) is 13.2 Å². The van der Waals surface area contributed by atoms with Crippen LogP contribution in [0.25, 0.3) is 0 Å². The second-order valence-electron chi connectivity index (χ2n) is 1.42. The molecule has 0 spiro atoms. The van der Waals surface area contributed by atoms with Gasteiger partial charge in [-0.05, 0) is 13.0 Å². The third kappa shape index (κ3) is 7.33. The predicted molar refractivity (Wildman–Crippen MR) is 44.5 cm³/mol. The van der Waals surface area contributed by atoms with Crippen LogP contribution in [0, 0.1) is 0 Å². The van der Waals surface area contributed by atoms with E-state index in [1.807, 2.05) is 0 Å². The van der Waals surface area contributed by atoms with E-state index in [0.717, 1.165) is 6.08 Å². The number of rotatable bonds is 4. The van der Waals surface area contributed by atoms with Crippen molar-refractivity contribution in [1.82, 2.24) is 0 Å². The zero-order chi connectivity index (χ0) is 8.91. The minimum absolute atomic E-state index is 0. The Balaban J connectivity index is -0.000000500. The van der Waals surface area contributed by atoms with Gasteiger partial charge in [0, 0.05) is 0 Å². The van der Waals surface area contributed by atoms with Crippen LogP contribution in [-0.4, -0.2) is 20.1 Å². The SMILES string of the molecule is C=CC(=O)SS(=O)(=O)OCC.[H-].[Na+].